The molecule has 0 aliphatic rings. The van der Waals surface area contributed by atoms with Crippen molar-refractivity contribution in [2.45, 2.75) is 19.3 Å². The quantitative estimate of drug-likeness (QED) is 0.799. The van der Waals surface area contributed by atoms with E-state index in [1.807, 2.05) is 12.1 Å². The Morgan fingerprint density at radius 1 is 1.31 bits per heavy atom. The highest BCUT2D eigenvalue weighted by Gasteiger charge is 1.98. The second kappa shape index (κ2) is 5.25. The average Bonchev–Trinajstić information content (AvgIpc) is 2.12. The zero-order valence-electron chi connectivity index (χ0n) is 7.46. The standard InChI is InChI=1S/C10H14BrNO/c11-9-7-8(3-1-2-6-12)4-5-10(9)13/h4-5,7,13H,1-3,6,12H2. The smallest absolute Gasteiger partial charge is 0.129 e. The molecule has 0 amide bonds. The molecule has 0 unspecified atom stereocenters. The number of hydrogen-bond donors (Lipinski definition) is 2. The minimum atomic E-state index is 0.294. The first-order valence-corrected chi connectivity index (χ1v) is 5.21. The second-order valence-electron chi connectivity index (χ2n) is 3.03. The Balaban J connectivity index is 2.53. The van der Waals surface area contributed by atoms with Gasteiger partial charge < -0.3 is 10.8 Å². The number of hydrogen-bond acceptors (Lipinski definition) is 2. The largest absolute Gasteiger partial charge is 0.507 e. The van der Waals surface area contributed by atoms with Crippen molar-refractivity contribution in [3.8, 4) is 5.75 Å². The molecule has 2 nitrogen and oxygen atoms in total. The van der Waals surface area contributed by atoms with Crippen LogP contribution in [-0.2, 0) is 6.42 Å². The van der Waals surface area contributed by atoms with E-state index in [-0.39, 0.29) is 0 Å². The highest BCUT2D eigenvalue weighted by atomic mass is 79.9. The van der Waals surface area contributed by atoms with E-state index in [0.29, 0.717) is 5.75 Å². The zero-order valence-corrected chi connectivity index (χ0v) is 9.05. The molecule has 0 saturated carbocycles. The van der Waals surface area contributed by atoms with E-state index in [2.05, 4.69) is 15.9 Å². The van der Waals surface area contributed by atoms with Gasteiger partial charge in [-0.25, -0.2) is 0 Å². The fraction of sp³-hybridized carbons (Fsp3) is 0.400. The van der Waals surface area contributed by atoms with Crippen LogP contribution in [0, 0.1) is 0 Å². The van der Waals surface area contributed by atoms with Gasteiger partial charge in [0.2, 0.25) is 0 Å². The number of phenols is 1. The molecule has 1 aromatic rings. The first kappa shape index (κ1) is 10.5. The van der Waals surface area contributed by atoms with Gasteiger partial charge in [0.25, 0.3) is 0 Å². The monoisotopic (exact) mass is 243 g/mol. The van der Waals surface area contributed by atoms with E-state index in [9.17, 15) is 5.11 Å². The number of unbranched alkanes of at least 4 members (excludes halogenated alkanes) is 1. The molecule has 3 N–H and O–H groups in total. The first-order chi connectivity index (χ1) is 6.24. The van der Waals surface area contributed by atoms with Gasteiger partial charge in [-0.2, -0.15) is 0 Å². The molecule has 0 atom stereocenters. The predicted octanol–water partition coefficient (Wildman–Crippen LogP) is 2.44. The fourth-order valence-corrected chi connectivity index (χ4v) is 1.61. The van der Waals surface area contributed by atoms with Crippen molar-refractivity contribution in [3.05, 3.63) is 28.2 Å². The van der Waals surface area contributed by atoms with Gasteiger partial charge in [0.1, 0.15) is 5.75 Å². The summed E-state index contributed by atoms with van der Waals surface area (Å²) in [5.41, 5.74) is 6.63. The van der Waals surface area contributed by atoms with E-state index >= 15 is 0 Å². The molecule has 0 saturated heterocycles. The molecule has 0 aromatic heterocycles. The molecular weight excluding hydrogens is 230 g/mol. The molecule has 0 aliphatic carbocycles. The van der Waals surface area contributed by atoms with Crippen molar-refractivity contribution in [1.29, 1.82) is 0 Å². The summed E-state index contributed by atoms with van der Waals surface area (Å²) < 4.78 is 0.762. The Morgan fingerprint density at radius 3 is 2.69 bits per heavy atom. The third-order valence-corrected chi connectivity index (χ3v) is 2.57. The van der Waals surface area contributed by atoms with E-state index < -0.39 is 0 Å². The van der Waals surface area contributed by atoms with Crippen LogP contribution < -0.4 is 5.73 Å². The summed E-state index contributed by atoms with van der Waals surface area (Å²) in [6.07, 6.45) is 3.18. The van der Waals surface area contributed by atoms with Crippen molar-refractivity contribution >= 4 is 15.9 Å². The molecule has 0 aliphatic heterocycles. The number of rotatable bonds is 4. The minimum Gasteiger partial charge on any atom is -0.507 e. The van der Waals surface area contributed by atoms with Crippen LogP contribution in [0.5, 0.6) is 5.75 Å². The number of aryl methyl sites for hydroxylation is 1. The van der Waals surface area contributed by atoms with Crippen LogP contribution in [-0.4, -0.2) is 11.7 Å². The average molecular weight is 244 g/mol. The molecule has 0 spiro atoms. The molecule has 0 radical (unpaired) electrons. The van der Waals surface area contributed by atoms with Gasteiger partial charge in [-0.15, -0.1) is 0 Å². The number of benzene rings is 1. The highest BCUT2D eigenvalue weighted by molar-refractivity contribution is 9.10. The van der Waals surface area contributed by atoms with Crippen molar-refractivity contribution < 1.29 is 5.11 Å². The maximum absolute atomic E-state index is 9.25. The van der Waals surface area contributed by atoms with Gasteiger partial charge in [-0.1, -0.05) is 6.07 Å². The number of halogens is 1. The van der Waals surface area contributed by atoms with Crippen molar-refractivity contribution in [2.75, 3.05) is 6.54 Å². The maximum atomic E-state index is 9.25. The summed E-state index contributed by atoms with van der Waals surface area (Å²) in [6.45, 7) is 0.749. The Morgan fingerprint density at radius 2 is 2.08 bits per heavy atom. The van der Waals surface area contributed by atoms with Gasteiger partial charge in [0, 0.05) is 0 Å². The number of phenolic OH excluding ortho intramolecular Hbond substituents is 1. The lowest BCUT2D eigenvalue weighted by Crippen LogP contribution is -1.98. The predicted molar refractivity (Wildman–Crippen MR) is 57.8 cm³/mol. The second-order valence-corrected chi connectivity index (χ2v) is 3.89. The Bertz CT molecular complexity index is 276. The first-order valence-electron chi connectivity index (χ1n) is 4.41. The van der Waals surface area contributed by atoms with E-state index in [0.717, 1.165) is 30.3 Å². The molecule has 1 rings (SSSR count). The van der Waals surface area contributed by atoms with Crippen LogP contribution in [0.25, 0.3) is 0 Å². The minimum absolute atomic E-state index is 0.294. The van der Waals surface area contributed by atoms with Crippen LogP contribution in [0.2, 0.25) is 0 Å². The van der Waals surface area contributed by atoms with Crippen LogP contribution in [0.1, 0.15) is 18.4 Å². The third-order valence-electron chi connectivity index (χ3n) is 1.93. The molecule has 72 valence electrons. The normalized spacial score (nSPS) is 10.3. The van der Waals surface area contributed by atoms with Crippen molar-refractivity contribution in [1.82, 2.24) is 0 Å². The van der Waals surface area contributed by atoms with Gasteiger partial charge >= 0.3 is 0 Å². The van der Waals surface area contributed by atoms with Gasteiger partial charge in [0.15, 0.2) is 0 Å². The molecular formula is C10H14BrNO. The molecule has 13 heavy (non-hydrogen) atoms. The molecule has 3 heteroatoms. The fourth-order valence-electron chi connectivity index (χ4n) is 1.18. The molecule has 0 fully saturated rings. The van der Waals surface area contributed by atoms with Gasteiger partial charge in [-0.3, -0.25) is 0 Å². The number of nitrogens with two attached hydrogens (primary N) is 1. The molecule has 1 aromatic carbocycles. The topological polar surface area (TPSA) is 46.2 Å². The van der Waals surface area contributed by atoms with Crippen molar-refractivity contribution in [2.24, 2.45) is 5.73 Å². The Labute approximate surface area is 86.9 Å². The number of aromatic hydroxyl groups is 1. The summed E-state index contributed by atoms with van der Waals surface area (Å²) in [5, 5.41) is 9.25. The van der Waals surface area contributed by atoms with Crippen LogP contribution in [0.15, 0.2) is 22.7 Å². The molecule has 0 bridgehead atoms. The highest BCUT2D eigenvalue weighted by Crippen LogP contribution is 2.24. The van der Waals surface area contributed by atoms with Crippen molar-refractivity contribution in [3.63, 3.8) is 0 Å². The summed E-state index contributed by atoms with van der Waals surface area (Å²) in [6, 6.07) is 5.60. The van der Waals surface area contributed by atoms with Crippen LogP contribution in [0.4, 0.5) is 0 Å². The van der Waals surface area contributed by atoms with Crippen LogP contribution in [0.3, 0.4) is 0 Å². The van der Waals surface area contributed by atoms with E-state index in [1.54, 1.807) is 6.07 Å². The summed E-state index contributed by atoms with van der Waals surface area (Å²) in [5.74, 6) is 0.294. The Hall–Kier alpha value is -0.540. The maximum Gasteiger partial charge on any atom is 0.129 e. The van der Waals surface area contributed by atoms with Gasteiger partial charge in [-0.05, 0) is 59.4 Å². The van der Waals surface area contributed by atoms with Gasteiger partial charge in [0.05, 0.1) is 4.47 Å². The summed E-state index contributed by atoms with van der Waals surface area (Å²) >= 11 is 3.28. The van der Waals surface area contributed by atoms with E-state index in [4.69, 9.17) is 5.73 Å². The Kier molecular flexibility index (Phi) is 4.25. The summed E-state index contributed by atoms with van der Waals surface area (Å²) in [7, 11) is 0. The summed E-state index contributed by atoms with van der Waals surface area (Å²) in [4.78, 5) is 0. The third kappa shape index (κ3) is 3.36. The zero-order chi connectivity index (χ0) is 9.68. The van der Waals surface area contributed by atoms with E-state index in [1.165, 1.54) is 5.56 Å². The SMILES string of the molecule is NCCCCc1ccc(O)c(Br)c1. The molecule has 0 heterocycles. The lowest BCUT2D eigenvalue weighted by atomic mass is 10.1. The lowest BCUT2D eigenvalue weighted by Gasteiger charge is -2.02. The van der Waals surface area contributed by atoms with Crippen LogP contribution >= 0.6 is 15.9 Å². The lowest BCUT2D eigenvalue weighted by molar-refractivity contribution is 0.471.